The highest BCUT2D eigenvalue weighted by molar-refractivity contribution is 7.89. The number of rotatable bonds is 3. The highest BCUT2D eigenvalue weighted by Gasteiger charge is 2.34. The Balaban J connectivity index is 1.76. The largest absolute Gasteiger partial charge is 0.397 e. The summed E-state index contributed by atoms with van der Waals surface area (Å²) in [6.45, 7) is 2.71. The number of piperazine rings is 1. The molecule has 1 heterocycles. The zero-order valence-electron chi connectivity index (χ0n) is 11.1. The van der Waals surface area contributed by atoms with Crippen LogP contribution >= 0.6 is 11.6 Å². The molecule has 3 rings (SSSR count). The van der Waals surface area contributed by atoms with Crippen molar-refractivity contribution in [3.63, 3.8) is 0 Å². The number of nitrogen functional groups attached to an aromatic ring is 1. The molecule has 0 spiro atoms. The first-order chi connectivity index (χ1) is 9.48. The van der Waals surface area contributed by atoms with Crippen molar-refractivity contribution in [2.24, 2.45) is 0 Å². The lowest BCUT2D eigenvalue weighted by Gasteiger charge is -2.34. The third kappa shape index (κ3) is 2.65. The smallest absolute Gasteiger partial charge is 0.243 e. The average molecular weight is 316 g/mol. The molecule has 0 aromatic heterocycles. The maximum Gasteiger partial charge on any atom is 0.243 e. The Morgan fingerprint density at radius 3 is 2.35 bits per heavy atom. The van der Waals surface area contributed by atoms with Crippen molar-refractivity contribution in [3.8, 4) is 0 Å². The van der Waals surface area contributed by atoms with Crippen LogP contribution < -0.4 is 5.73 Å². The third-order valence-corrected chi connectivity index (χ3v) is 6.18. The van der Waals surface area contributed by atoms with E-state index in [0.29, 0.717) is 29.8 Å². The molecule has 0 amide bonds. The molecule has 1 aliphatic heterocycles. The Kier molecular flexibility index (Phi) is 3.66. The van der Waals surface area contributed by atoms with Crippen molar-refractivity contribution in [1.29, 1.82) is 0 Å². The molecule has 0 unspecified atom stereocenters. The van der Waals surface area contributed by atoms with Crippen LogP contribution in [0.25, 0.3) is 0 Å². The zero-order valence-corrected chi connectivity index (χ0v) is 12.7. The first-order valence-electron chi connectivity index (χ1n) is 6.78. The minimum atomic E-state index is -3.46. The summed E-state index contributed by atoms with van der Waals surface area (Å²) in [5, 5.41) is 0.377. The Bertz CT molecular complexity index is 608. The van der Waals surface area contributed by atoms with Crippen LogP contribution in [-0.4, -0.2) is 49.8 Å². The van der Waals surface area contributed by atoms with E-state index in [1.54, 1.807) is 0 Å². The van der Waals surface area contributed by atoms with Crippen molar-refractivity contribution >= 4 is 27.3 Å². The molecule has 1 saturated heterocycles. The van der Waals surface area contributed by atoms with Crippen LogP contribution in [0, 0.1) is 0 Å². The van der Waals surface area contributed by atoms with Gasteiger partial charge in [0.2, 0.25) is 10.0 Å². The van der Waals surface area contributed by atoms with Gasteiger partial charge in [0.15, 0.2) is 0 Å². The molecule has 110 valence electrons. The molecule has 1 aromatic carbocycles. The molecular weight excluding hydrogens is 298 g/mol. The Morgan fingerprint density at radius 2 is 1.80 bits per heavy atom. The normalized spacial score (nSPS) is 22.1. The van der Waals surface area contributed by atoms with Gasteiger partial charge >= 0.3 is 0 Å². The highest BCUT2D eigenvalue weighted by atomic mass is 35.5. The van der Waals surface area contributed by atoms with Gasteiger partial charge in [-0.15, -0.1) is 0 Å². The van der Waals surface area contributed by atoms with Gasteiger partial charge in [0.25, 0.3) is 0 Å². The third-order valence-electron chi connectivity index (χ3n) is 3.94. The van der Waals surface area contributed by atoms with Gasteiger partial charge in [0.1, 0.15) is 0 Å². The lowest BCUT2D eigenvalue weighted by Crippen LogP contribution is -2.49. The summed E-state index contributed by atoms with van der Waals surface area (Å²) in [7, 11) is -3.46. The summed E-state index contributed by atoms with van der Waals surface area (Å²) < 4.78 is 26.6. The molecule has 1 saturated carbocycles. The number of sulfonamides is 1. The predicted molar refractivity (Wildman–Crippen MR) is 79.2 cm³/mol. The summed E-state index contributed by atoms with van der Waals surface area (Å²) in [5.41, 5.74) is 5.99. The fourth-order valence-electron chi connectivity index (χ4n) is 2.58. The van der Waals surface area contributed by atoms with Crippen LogP contribution in [0.3, 0.4) is 0 Å². The number of hydrogen-bond acceptors (Lipinski definition) is 4. The first kappa shape index (κ1) is 14.1. The van der Waals surface area contributed by atoms with Gasteiger partial charge in [-0.05, 0) is 31.0 Å². The van der Waals surface area contributed by atoms with Gasteiger partial charge in [-0.1, -0.05) is 11.6 Å². The van der Waals surface area contributed by atoms with E-state index in [2.05, 4.69) is 4.90 Å². The Morgan fingerprint density at radius 1 is 1.15 bits per heavy atom. The molecule has 2 fully saturated rings. The fourth-order valence-corrected chi connectivity index (χ4v) is 4.16. The zero-order chi connectivity index (χ0) is 14.3. The number of nitrogens with zero attached hydrogens (tertiary/aromatic N) is 2. The minimum Gasteiger partial charge on any atom is -0.397 e. The summed E-state index contributed by atoms with van der Waals surface area (Å²) in [5.74, 6) is 0. The van der Waals surface area contributed by atoms with E-state index >= 15 is 0 Å². The van der Waals surface area contributed by atoms with E-state index < -0.39 is 10.0 Å². The highest BCUT2D eigenvalue weighted by Crippen LogP contribution is 2.29. The number of halogens is 1. The van der Waals surface area contributed by atoms with Crippen LogP contribution in [0.4, 0.5) is 5.69 Å². The van der Waals surface area contributed by atoms with Gasteiger partial charge in [-0.3, -0.25) is 4.90 Å². The molecule has 20 heavy (non-hydrogen) atoms. The standard InChI is InChI=1S/C13H18ClN3O2S/c14-12-4-3-11(9-13(12)15)20(18,19)17-7-5-16(6-8-17)10-1-2-10/h3-4,9-10H,1-2,5-8,15H2. The van der Waals surface area contributed by atoms with E-state index in [1.165, 1.54) is 35.3 Å². The van der Waals surface area contributed by atoms with Gasteiger partial charge in [-0.2, -0.15) is 4.31 Å². The molecule has 2 aliphatic rings. The Hall–Kier alpha value is -0.820. The van der Waals surface area contributed by atoms with Crippen LogP contribution in [0.15, 0.2) is 23.1 Å². The van der Waals surface area contributed by atoms with Crippen LogP contribution in [-0.2, 0) is 10.0 Å². The second kappa shape index (κ2) is 5.18. The lowest BCUT2D eigenvalue weighted by atomic mass is 10.3. The van der Waals surface area contributed by atoms with E-state index in [-0.39, 0.29) is 4.90 Å². The van der Waals surface area contributed by atoms with Crippen molar-refractivity contribution in [2.45, 2.75) is 23.8 Å². The van der Waals surface area contributed by atoms with Crippen LogP contribution in [0.1, 0.15) is 12.8 Å². The Labute approximate surface area is 124 Å². The number of anilines is 1. The predicted octanol–water partition coefficient (Wildman–Crippen LogP) is 1.39. The second-order valence-electron chi connectivity index (χ2n) is 5.35. The number of nitrogens with two attached hydrogens (primary N) is 1. The van der Waals surface area contributed by atoms with Crippen LogP contribution in [0.5, 0.6) is 0 Å². The van der Waals surface area contributed by atoms with Crippen molar-refractivity contribution in [3.05, 3.63) is 23.2 Å². The van der Waals surface area contributed by atoms with E-state index in [4.69, 9.17) is 17.3 Å². The van der Waals surface area contributed by atoms with E-state index in [9.17, 15) is 8.42 Å². The molecule has 1 aliphatic carbocycles. The first-order valence-corrected chi connectivity index (χ1v) is 8.59. The number of benzene rings is 1. The van der Waals surface area contributed by atoms with Gasteiger partial charge < -0.3 is 5.73 Å². The molecule has 1 aromatic rings. The topological polar surface area (TPSA) is 66.6 Å². The molecule has 7 heteroatoms. The van der Waals surface area contributed by atoms with Gasteiger partial charge in [-0.25, -0.2) is 8.42 Å². The molecule has 0 atom stereocenters. The van der Waals surface area contributed by atoms with Crippen LogP contribution in [0.2, 0.25) is 5.02 Å². The monoisotopic (exact) mass is 315 g/mol. The summed E-state index contributed by atoms with van der Waals surface area (Å²) in [6, 6.07) is 5.17. The number of hydrogen-bond donors (Lipinski definition) is 1. The van der Waals surface area contributed by atoms with Gasteiger partial charge in [0.05, 0.1) is 15.6 Å². The molecule has 2 N–H and O–H groups in total. The average Bonchev–Trinajstić information content (AvgIpc) is 3.26. The van der Waals surface area contributed by atoms with Crippen molar-refractivity contribution < 1.29 is 8.42 Å². The SMILES string of the molecule is Nc1cc(S(=O)(=O)N2CCN(C3CC3)CC2)ccc1Cl. The van der Waals surface area contributed by atoms with Gasteiger partial charge in [0, 0.05) is 32.2 Å². The molecule has 5 nitrogen and oxygen atoms in total. The maximum atomic E-state index is 12.6. The fraction of sp³-hybridized carbons (Fsp3) is 0.538. The maximum absolute atomic E-state index is 12.6. The summed E-state index contributed by atoms with van der Waals surface area (Å²) in [4.78, 5) is 2.60. The second-order valence-corrected chi connectivity index (χ2v) is 7.70. The summed E-state index contributed by atoms with van der Waals surface area (Å²) >= 11 is 5.84. The van der Waals surface area contributed by atoms with E-state index in [1.807, 2.05) is 0 Å². The quantitative estimate of drug-likeness (QED) is 0.856. The molecule has 0 bridgehead atoms. The van der Waals surface area contributed by atoms with E-state index in [0.717, 1.165) is 13.1 Å². The molecule has 0 radical (unpaired) electrons. The lowest BCUT2D eigenvalue weighted by molar-refractivity contribution is 0.180. The van der Waals surface area contributed by atoms with Crippen molar-refractivity contribution in [2.75, 3.05) is 31.9 Å². The minimum absolute atomic E-state index is 0.222. The summed E-state index contributed by atoms with van der Waals surface area (Å²) in [6.07, 6.45) is 2.50. The van der Waals surface area contributed by atoms with Crippen molar-refractivity contribution in [1.82, 2.24) is 9.21 Å². The molecular formula is C13H18ClN3O2S.